The molecule has 2 heterocycles. The van der Waals surface area contributed by atoms with Crippen molar-refractivity contribution in [1.82, 2.24) is 10.2 Å². The summed E-state index contributed by atoms with van der Waals surface area (Å²) >= 11 is 0. The smallest absolute Gasteiger partial charge is 0.222 e. The number of amides is 1. The van der Waals surface area contributed by atoms with Crippen LogP contribution in [0.1, 0.15) is 56.6 Å². The van der Waals surface area contributed by atoms with E-state index in [1.165, 1.54) is 36.8 Å². The lowest BCUT2D eigenvalue weighted by atomic mass is 9.89. The van der Waals surface area contributed by atoms with Crippen molar-refractivity contribution >= 4 is 18.3 Å². The minimum Gasteiger partial charge on any atom is -0.342 e. The van der Waals surface area contributed by atoms with Gasteiger partial charge in [0.15, 0.2) is 0 Å². The highest BCUT2D eigenvalue weighted by Gasteiger charge is 2.35. The second-order valence-electron chi connectivity index (χ2n) is 7.94. The summed E-state index contributed by atoms with van der Waals surface area (Å²) in [7, 11) is 2.00. The second-order valence-corrected chi connectivity index (χ2v) is 7.94. The van der Waals surface area contributed by atoms with Crippen LogP contribution in [0.4, 0.5) is 0 Å². The summed E-state index contributed by atoms with van der Waals surface area (Å²) in [6.45, 7) is 4.30. The molecule has 2 saturated heterocycles. The van der Waals surface area contributed by atoms with Crippen LogP contribution < -0.4 is 5.32 Å². The molecule has 3 unspecified atom stereocenters. The van der Waals surface area contributed by atoms with Gasteiger partial charge in [-0.3, -0.25) is 4.79 Å². The Bertz CT molecular complexity index is 548. The van der Waals surface area contributed by atoms with Crippen molar-refractivity contribution in [1.29, 1.82) is 0 Å². The van der Waals surface area contributed by atoms with Gasteiger partial charge in [-0.25, -0.2) is 0 Å². The first-order chi connectivity index (χ1) is 11.5. The maximum absolute atomic E-state index is 12.8. The molecule has 2 fully saturated rings. The summed E-state index contributed by atoms with van der Waals surface area (Å²) in [5.41, 5.74) is 2.61. The van der Waals surface area contributed by atoms with Crippen LogP contribution in [-0.2, 0) is 11.2 Å². The first-order valence-electron chi connectivity index (χ1n) is 9.62. The Balaban J connectivity index is 0.00000225. The molecule has 0 aliphatic carbocycles. The van der Waals surface area contributed by atoms with E-state index in [2.05, 4.69) is 43.4 Å². The lowest BCUT2D eigenvalue weighted by Crippen LogP contribution is -2.42. The number of benzene rings is 1. The van der Waals surface area contributed by atoms with E-state index in [1.807, 2.05) is 11.9 Å². The number of halogens is 1. The molecule has 2 aliphatic heterocycles. The van der Waals surface area contributed by atoms with Crippen molar-refractivity contribution in [3.63, 3.8) is 0 Å². The highest BCUT2D eigenvalue weighted by Crippen LogP contribution is 2.33. The molecule has 3 rings (SSSR count). The largest absolute Gasteiger partial charge is 0.342 e. The van der Waals surface area contributed by atoms with Crippen LogP contribution in [0.25, 0.3) is 0 Å². The van der Waals surface area contributed by atoms with Crippen LogP contribution in [0.2, 0.25) is 0 Å². The molecule has 4 heteroatoms. The lowest BCUT2D eigenvalue weighted by Gasteiger charge is -2.32. The van der Waals surface area contributed by atoms with Crippen molar-refractivity contribution in [3.05, 3.63) is 35.4 Å². The Morgan fingerprint density at radius 3 is 2.36 bits per heavy atom. The molecule has 1 aromatic rings. The van der Waals surface area contributed by atoms with E-state index in [9.17, 15) is 4.79 Å². The van der Waals surface area contributed by atoms with Crippen LogP contribution in [0.15, 0.2) is 24.3 Å². The van der Waals surface area contributed by atoms with Crippen LogP contribution >= 0.6 is 12.4 Å². The van der Waals surface area contributed by atoms with Gasteiger partial charge in [-0.05, 0) is 56.9 Å². The van der Waals surface area contributed by atoms with Gasteiger partial charge in [0.1, 0.15) is 0 Å². The summed E-state index contributed by atoms with van der Waals surface area (Å²) in [5, 5.41) is 3.67. The number of nitrogens with one attached hydrogen (secondary N) is 1. The third-order valence-electron chi connectivity index (χ3n) is 6.04. The Hall–Kier alpha value is -1.06. The Labute approximate surface area is 159 Å². The highest BCUT2D eigenvalue weighted by molar-refractivity contribution is 5.85. The molecule has 1 aromatic carbocycles. The topological polar surface area (TPSA) is 32.3 Å². The first kappa shape index (κ1) is 20.3. The zero-order chi connectivity index (χ0) is 17.1. The van der Waals surface area contributed by atoms with Gasteiger partial charge in [-0.1, -0.05) is 36.8 Å². The molecular weight excluding hydrogens is 332 g/mol. The molecule has 2 aliphatic rings. The average molecular weight is 365 g/mol. The van der Waals surface area contributed by atoms with Crippen molar-refractivity contribution in [2.24, 2.45) is 5.92 Å². The fraction of sp³-hybridized carbons (Fsp3) is 0.667. The predicted molar refractivity (Wildman–Crippen MR) is 106 cm³/mol. The Morgan fingerprint density at radius 2 is 1.80 bits per heavy atom. The van der Waals surface area contributed by atoms with Crippen molar-refractivity contribution in [3.8, 4) is 0 Å². The zero-order valence-corrected chi connectivity index (χ0v) is 16.6. The van der Waals surface area contributed by atoms with Crippen molar-refractivity contribution < 1.29 is 4.79 Å². The molecule has 140 valence electrons. The van der Waals surface area contributed by atoms with Crippen LogP contribution in [0.3, 0.4) is 0 Å². The molecule has 3 nitrogen and oxygen atoms in total. The molecule has 1 amide bonds. The molecular formula is C21H33ClN2O. The number of carbonyl (C=O) groups excluding carboxylic acids is 1. The number of nitrogens with zero attached hydrogens (tertiary/aromatic N) is 1. The second kappa shape index (κ2) is 9.05. The van der Waals surface area contributed by atoms with Gasteiger partial charge in [-0.15, -0.1) is 12.4 Å². The predicted octanol–water partition coefficient (Wildman–Crippen LogP) is 4.12. The van der Waals surface area contributed by atoms with E-state index >= 15 is 0 Å². The molecule has 0 saturated carbocycles. The van der Waals surface area contributed by atoms with E-state index in [-0.39, 0.29) is 12.4 Å². The van der Waals surface area contributed by atoms with E-state index in [4.69, 9.17) is 0 Å². The molecule has 25 heavy (non-hydrogen) atoms. The number of fused-ring (bicyclic) bond motifs is 2. The third-order valence-corrected chi connectivity index (χ3v) is 6.04. The van der Waals surface area contributed by atoms with Gasteiger partial charge in [0.05, 0.1) is 0 Å². The van der Waals surface area contributed by atoms with Crippen LogP contribution in [0.5, 0.6) is 0 Å². The van der Waals surface area contributed by atoms with E-state index in [1.54, 1.807) is 0 Å². The normalized spacial score (nSPS) is 26.0. The maximum atomic E-state index is 12.8. The first-order valence-corrected chi connectivity index (χ1v) is 9.62. The van der Waals surface area contributed by atoms with Crippen molar-refractivity contribution in [2.45, 2.75) is 76.9 Å². The number of hydrogen-bond donors (Lipinski definition) is 1. The standard InChI is InChI=1S/C21H32N2O.ClH/c1-4-20(13-16-7-5-15(2)6-8-16)23(3)21(24)14-17-11-18-9-10-19(12-17)22-18;/h5-8,17-20,22H,4,9-14H2,1-3H3;1H. The van der Waals surface area contributed by atoms with Crippen LogP contribution in [-0.4, -0.2) is 36.0 Å². The molecule has 0 aromatic heterocycles. The summed E-state index contributed by atoms with van der Waals surface area (Å²) < 4.78 is 0. The fourth-order valence-corrected chi connectivity index (χ4v) is 4.49. The molecule has 0 radical (unpaired) electrons. The number of hydrogen-bond acceptors (Lipinski definition) is 2. The summed E-state index contributed by atoms with van der Waals surface area (Å²) in [4.78, 5) is 14.8. The zero-order valence-electron chi connectivity index (χ0n) is 15.8. The Morgan fingerprint density at radius 1 is 1.20 bits per heavy atom. The monoisotopic (exact) mass is 364 g/mol. The summed E-state index contributed by atoms with van der Waals surface area (Å²) in [6.07, 6.45) is 7.67. The van der Waals surface area contributed by atoms with Gasteiger partial charge in [0.2, 0.25) is 5.91 Å². The highest BCUT2D eigenvalue weighted by atomic mass is 35.5. The fourth-order valence-electron chi connectivity index (χ4n) is 4.49. The quantitative estimate of drug-likeness (QED) is 0.823. The molecule has 0 spiro atoms. The minimum atomic E-state index is 0. The number of rotatable bonds is 6. The summed E-state index contributed by atoms with van der Waals surface area (Å²) in [6, 6.07) is 10.4. The van der Waals surface area contributed by atoms with Crippen molar-refractivity contribution in [2.75, 3.05) is 7.05 Å². The van der Waals surface area contributed by atoms with E-state index < -0.39 is 0 Å². The SMILES string of the molecule is CCC(Cc1ccc(C)cc1)N(C)C(=O)CC1CC2CCC(C1)N2.Cl. The van der Waals surface area contributed by atoms with Gasteiger partial charge >= 0.3 is 0 Å². The summed E-state index contributed by atoms with van der Waals surface area (Å²) in [5.74, 6) is 0.913. The minimum absolute atomic E-state index is 0. The van der Waals surface area contributed by atoms with Gasteiger partial charge < -0.3 is 10.2 Å². The van der Waals surface area contributed by atoms with Crippen LogP contribution in [0, 0.1) is 12.8 Å². The molecule has 3 atom stereocenters. The number of likely N-dealkylation sites (N-methyl/N-ethyl adjacent to an activating group) is 1. The van der Waals surface area contributed by atoms with Gasteiger partial charge in [0.25, 0.3) is 0 Å². The maximum Gasteiger partial charge on any atom is 0.222 e. The molecule has 2 bridgehead atoms. The number of aryl methyl sites for hydroxylation is 1. The molecule has 1 N–H and O–H groups in total. The third kappa shape index (κ3) is 5.21. The van der Waals surface area contributed by atoms with Gasteiger partial charge in [0, 0.05) is 31.6 Å². The van der Waals surface area contributed by atoms with Gasteiger partial charge in [-0.2, -0.15) is 0 Å². The lowest BCUT2D eigenvalue weighted by molar-refractivity contribution is -0.133. The van der Waals surface area contributed by atoms with E-state index in [0.717, 1.165) is 19.3 Å². The average Bonchev–Trinajstić information content (AvgIpc) is 2.92. The van der Waals surface area contributed by atoms with E-state index in [0.29, 0.717) is 30.0 Å². The Kier molecular flexibility index (Phi) is 7.33. The number of carbonyl (C=O) groups is 1. The number of piperidine rings is 1.